The Morgan fingerprint density at radius 3 is 3.05 bits per heavy atom. The Morgan fingerprint density at radius 1 is 1.32 bits per heavy atom. The molecule has 4 nitrogen and oxygen atoms in total. The van der Waals surface area contributed by atoms with Gasteiger partial charge in [-0.15, -0.1) is 0 Å². The fourth-order valence-corrected chi connectivity index (χ4v) is 2.11. The van der Waals surface area contributed by atoms with Crippen LogP contribution in [0.25, 0.3) is 0 Å². The Labute approximate surface area is 110 Å². The van der Waals surface area contributed by atoms with E-state index in [4.69, 9.17) is 4.74 Å². The van der Waals surface area contributed by atoms with Gasteiger partial charge < -0.3 is 4.74 Å². The molecule has 0 aromatic heterocycles. The normalized spacial score (nSPS) is 19.2. The number of ether oxygens (including phenoxy) is 1. The van der Waals surface area contributed by atoms with Crippen LogP contribution >= 0.6 is 0 Å². The van der Waals surface area contributed by atoms with Gasteiger partial charge in [0, 0.05) is 6.21 Å². The van der Waals surface area contributed by atoms with Gasteiger partial charge in [-0.1, -0.05) is 24.3 Å². The number of hydrogen-bond acceptors (Lipinski definition) is 4. The van der Waals surface area contributed by atoms with Crippen molar-refractivity contribution >= 4 is 29.3 Å². The third kappa shape index (κ3) is 2.01. The average Bonchev–Trinajstić information content (AvgIpc) is 2.65. The molecule has 0 spiro atoms. The Bertz CT molecular complexity index is 654. The monoisotopic (exact) mass is 252 g/mol. The van der Waals surface area contributed by atoms with Gasteiger partial charge in [0.1, 0.15) is 5.69 Å². The molecule has 1 aromatic rings. The van der Waals surface area contributed by atoms with Gasteiger partial charge in [0.15, 0.2) is 0 Å². The van der Waals surface area contributed by atoms with E-state index in [1.807, 2.05) is 30.4 Å². The summed E-state index contributed by atoms with van der Waals surface area (Å²) in [5, 5.41) is 0. The van der Waals surface area contributed by atoms with E-state index in [0.29, 0.717) is 16.9 Å². The molecule has 1 aliphatic carbocycles. The van der Waals surface area contributed by atoms with Gasteiger partial charge in [0.2, 0.25) is 0 Å². The topological polar surface area (TPSA) is 51.0 Å². The lowest BCUT2D eigenvalue weighted by Gasteiger charge is -2.08. The summed E-state index contributed by atoms with van der Waals surface area (Å²) in [6.45, 7) is 0. The number of allylic oxidation sites excluding steroid dienone is 4. The minimum absolute atomic E-state index is 0.0582. The van der Waals surface area contributed by atoms with Crippen molar-refractivity contribution in [1.29, 1.82) is 0 Å². The number of rotatable bonds is 1. The molecule has 0 bridgehead atoms. The second-order valence-electron chi connectivity index (χ2n) is 4.25. The molecule has 0 radical (unpaired) electrons. The van der Waals surface area contributed by atoms with Gasteiger partial charge >= 0.3 is 5.97 Å². The number of methoxy groups -OCH3 is 1. The number of esters is 1. The number of carbonyl (C=O) groups excluding carboxylic acids is 1. The quantitative estimate of drug-likeness (QED) is 0.721. The first kappa shape index (κ1) is 11.6. The van der Waals surface area contributed by atoms with Crippen molar-refractivity contribution in [3.05, 3.63) is 48.1 Å². The van der Waals surface area contributed by atoms with E-state index in [-0.39, 0.29) is 5.92 Å². The van der Waals surface area contributed by atoms with E-state index in [9.17, 15) is 4.79 Å². The summed E-state index contributed by atoms with van der Waals surface area (Å²) in [6, 6.07) is 5.33. The molecule has 2 aliphatic rings. The zero-order chi connectivity index (χ0) is 13.2. The zero-order valence-electron chi connectivity index (χ0n) is 10.4. The standard InChI is InChI=1S/C15H12N2O2/c1-19-15(18)11-6-4-8-13-14(11)16-9-10-5-2-3-7-12(10)17-13/h2-10H,1H3. The lowest BCUT2D eigenvalue weighted by molar-refractivity contribution is 0.0602. The van der Waals surface area contributed by atoms with E-state index in [1.54, 1.807) is 18.3 Å². The molecule has 0 saturated heterocycles. The van der Waals surface area contributed by atoms with Gasteiger partial charge in [-0.05, 0) is 18.2 Å². The predicted molar refractivity (Wildman–Crippen MR) is 74.8 cm³/mol. The van der Waals surface area contributed by atoms with E-state index in [2.05, 4.69) is 9.98 Å². The maximum Gasteiger partial charge on any atom is 0.340 e. The first-order valence-corrected chi connectivity index (χ1v) is 5.98. The van der Waals surface area contributed by atoms with Crippen LogP contribution in [-0.2, 0) is 4.74 Å². The molecule has 0 N–H and O–H groups in total. The molecular weight excluding hydrogens is 240 g/mol. The lowest BCUT2D eigenvalue weighted by Crippen LogP contribution is -2.12. The molecule has 0 amide bonds. The van der Waals surface area contributed by atoms with Crippen LogP contribution in [0.15, 0.2) is 52.5 Å². The van der Waals surface area contributed by atoms with Gasteiger partial charge in [0.05, 0.1) is 30.0 Å². The number of aliphatic imine (C=N–C) groups is 2. The molecule has 1 aliphatic heterocycles. The molecule has 0 fully saturated rings. The van der Waals surface area contributed by atoms with Crippen LogP contribution < -0.4 is 0 Å². The summed E-state index contributed by atoms with van der Waals surface area (Å²) < 4.78 is 4.77. The highest BCUT2D eigenvalue weighted by molar-refractivity contribution is 6.12. The summed E-state index contributed by atoms with van der Waals surface area (Å²) in [5.41, 5.74) is 2.62. The van der Waals surface area contributed by atoms with Crippen molar-refractivity contribution in [1.82, 2.24) is 0 Å². The second-order valence-corrected chi connectivity index (χ2v) is 4.25. The molecule has 1 atom stereocenters. The summed E-state index contributed by atoms with van der Waals surface area (Å²) in [4.78, 5) is 20.7. The Balaban J connectivity index is 2.17. The van der Waals surface area contributed by atoms with Crippen molar-refractivity contribution in [2.24, 2.45) is 15.9 Å². The molecule has 94 valence electrons. The lowest BCUT2D eigenvalue weighted by atomic mass is 10.00. The Morgan fingerprint density at radius 2 is 2.21 bits per heavy atom. The maximum atomic E-state index is 11.7. The Kier molecular flexibility index (Phi) is 2.83. The Hall–Kier alpha value is -2.49. The summed E-state index contributed by atoms with van der Waals surface area (Å²) in [5.74, 6) is -0.340. The fourth-order valence-electron chi connectivity index (χ4n) is 2.11. The van der Waals surface area contributed by atoms with Crippen LogP contribution in [0, 0.1) is 5.92 Å². The number of carbonyl (C=O) groups is 1. The second kappa shape index (κ2) is 4.65. The van der Waals surface area contributed by atoms with E-state index < -0.39 is 5.97 Å². The van der Waals surface area contributed by atoms with Crippen LogP contribution in [0.2, 0.25) is 0 Å². The van der Waals surface area contributed by atoms with Crippen molar-refractivity contribution < 1.29 is 9.53 Å². The first-order valence-electron chi connectivity index (χ1n) is 5.98. The number of benzene rings is 1. The third-order valence-corrected chi connectivity index (χ3v) is 3.07. The predicted octanol–water partition coefficient (Wildman–Crippen LogP) is 3.00. The molecule has 3 rings (SSSR count). The van der Waals surface area contributed by atoms with Gasteiger partial charge in [-0.3, -0.25) is 9.98 Å². The van der Waals surface area contributed by atoms with Gasteiger partial charge in [-0.2, -0.15) is 0 Å². The number of nitrogens with zero attached hydrogens (tertiary/aromatic N) is 2. The van der Waals surface area contributed by atoms with Crippen molar-refractivity contribution in [3.8, 4) is 0 Å². The van der Waals surface area contributed by atoms with Gasteiger partial charge in [-0.25, -0.2) is 4.79 Å². The van der Waals surface area contributed by atoms with E-state index in [0.717, 1.165) is 5.71 Å². The molecule has 1 aromatic carbocycles. The first-order chi connectivity index (χ1) is 9.29. The van der Waals surface area contributed by atoms with Gasteiger partial charge in [0.25, 0.3) is 0 Å². The highest BCUT2D eigenvalue weighted by Gasteiger charge is 2.19. The van der Waals surface area contributed by atoms with E-state index >= 15 is 0 Å². The SMILES string of the molecule is COC(=O)c1cccc2c1N=CC1C=CC=CC1=N2. The summed E-state index contributed by atoms with van der Waals surface area (Å²) >= 11 is 0. The van der Waals surface area contributed by atoms with Crippen molar-refractivity contribution in [3.63, 3.8) is 0 Å². The molecule has 1 heterocycles. The van der Waals surface area contributed by atoms with Crippen LogP contribution in [0.3, 0.4) is 0 Å². The van der Waals surface area contributed by atoms with Crippen LogP contribution in [0.5, 0.6) is 0 Å². The van der Waals surface area contributed by atoms with E-state index in [1.165, 1.54) is 7.11 Å². The molecule has 0 saturated carbocycles. The van der Waals surface area contributed by atoms with Crippen LogP contribution in [0.4, 0.5) is 11.4 Å². The minimum atomic E-state index is -0.398. The van der Waals surface area contributed by atoms with Crippen LogP contribution in [-0.4, -0.2) is 25.0 Å². The maximum absolute atomic E-state index is 11.7. The average molecular weight is 252 g/mol. The largest absolute Gasteiger partial charge is 0.465 e. The third-order valence-electron chi connectivity index (χ3n) is 3.07. The molecule has 19 heavy (non-hydrogen) atoms. The molecule has 4 heteroatoms. The smallest absolute Gasteiger partial charge is 0.340 e. The summed E-state index contributed by atoms with van der Waals surface area (Å²) in [7, 11) is 1.36. The molecule has 1 unspecified atom stereocenters. The van der Waals surface area contributed by atoms with Crippen molar-refractivity contribution in [2.45, 2.75) is 0 Å². The van der Waals surface area contributed by atoms with Crippen molar-refractivity contribution in [2.75, 3.05) is 7.11 Å². The van der Waals surface area contributed by atoms with Crippen LogP contribution in [0.1, 0.15) is 10.4 Å². The summed E-state index contributed by atoms with van der Waals surface area (Å²) in [6.07, 6.45) is 9.69. The molecular formula is C15H12N2O2. The number of fused-ring (bicyclic) bond motifs is 2. The zero-order valence-corrected chi connectivity index (χ0v) is 10.4. The number of hydrogen-bond donors (Lipinski definition) is 0. The highest BCUT2D eigenvalue weighted by Crippen LogP contribution is 2.35. The highest BCUT2D eigenvalue weighted by atomic mass is 16.5. The fraction of sp³-hybridized carbons (Fsp3) is 0.133. The number of para-hydroxylation sites is 1. The minimum Gasteiger partial charge on any atom is -0.465 e.